The topological polar surface area (TPSA) is 338 Å². The van der Waals surface area contributed by atoms with Gasteiger partial charge in [0.1, 0.15) is 54.9 Å². The van der Waals surface area contributed by atoms with Crippen LogP contribution in [-0.2, 0) is 67.4 Å². The van der Waals surface area contributed by atoms with E-state index in [-0.39, 0.29) is 0 Å². The molecule has 0 aliphatic carbocycles. The molecule has 3 aliphatic heterocycles. The zero-order valence-electron chi connectivity index (χ0n) is 22.2. The predicted molar refractivity (Wildman–Crippen MR) is 128 cm³/mol. The van der Waals surface area contributed by atoms with Gasteiger partial charge in [-0.25, -0.2) is 12.5 Å². The number of aliphatic hydroxyl groups is 5. The Balaban J connectivity index is 1.91. The highest BCUT2D eigenvalue weighted by Crippen LogP contribution is 2.35. The van der Waals surface area contributed by atoms with Gasteiger partial charge >= 0.3 is 31.2 Å². The first kappa shape index (κ1) is 36.7. The second-order valence-corrected chi connectivity index (χ2v) is 12.9. The molecule has 3 heterocycles. The van der Waals surface area contributed by atoms with Crippen LogP contribution in [0.2, 0.25) is 0 Å². The zero-order valence-corrected chi connectivity index (χ0v) is 24.6. The summed E-state index contributed by atoms with van der Waals surface area (Å²) in [7, 11) is -15.7. The summed E-state index contributed by atoms with van der Waals surface area (Å²) in [5, 5.41) is 52.4. The molecule has 0 radical (unpaired) electrons. The highest BCUT2D eigenvalue weighted by Gasteiger charge is 2.55. The molecule has 25 heteroatoms. The molecule has 22 nitrogen and oxygen atoms in total. The standard InChI is InChI=1S/C18H32O22S3/c1-4-11(38-41(24,25)26)7(19)8(20)17(34-4)37-15-10(22)18(35-6(3)13(15)40-43(30,31)32)36-14-9(21)16(23)33-5(2)12(14)39-42(27,28)29/h4-23H,1-3H3,(H,24,25,26)(H,27,28,29)(H,30,31,32)/t4-,5-,6-,7-,8-,9-,10-,11+,12+,13+,14-,15-,16+,17-,18-/m0/s1. The monoisotopic (exact) mass is 696 g/mol. The highest BCUT2D eigenvalue weighted by atomic mass is 32.3. The summed E-state index contributed by atoms with van der Waals surface area (Å²) in [6, 6.07) is 0. The minimum absolute atomic E-state index is 1.12. The normalized spacial score (nSPS) is 45.1. The van der Waals surface area contributed by atoms with E-state index in [1.165, 1.54) is 0 Å². The van der Waals surface area contributed by atoms with Crippen molar-refractivity contribution in [3.63, 3.8) is 0 Å². The first-order valence-corrected chi connectivity index (χ1v) is 16.2. The van der Waals surface area contributed by atoms with Gasteiger partial charge in [0.05, 0.1) is 18.3 Å². The third-order valence-corrected chi connectivity index (χ3v) is 7.97. The molecule has 0 saturated carbocycles. The van der Waals surface area contributed by atoms with Gasteiger partial charge < -0.3 is 49.2 Å². The van der Waals surface area contributed by atoms with Crippen LogP contribution in [0.1, 0.15) is 20.8 Å². The molecule has 0 aromatic rings. The third-order valence-electron chi connectivity index (χ3n) is 6.58. The van der Waals surface area contributed by atoms with Crippen LogP contribution in [0.4, 0.5) is 0 Å². The second kappa shape index (κ2) is 13.5. The molecule has 0 bridgehead atoms. The van der Waals surface area contributed by atoms with Gasteiger partial charge in [-0.15, -0.1) is 0 Å². The summed E-state index contributed by atoms with van der Waals surface area (Å²) < 4.78 is 135. The van der Waals surface area contributed by atoms with Gasteiger partial charge in [0, 0.05) is 0 Å². The van der Waals surface area contributed by atoms with Crippen LogP contribution in [-0.4, -0.2) is 157 Å². The minimum Gasteiger partial charge on any atom is -0.387 e. The summed E-state index contributed by atoms with van der Waals surface area (Å²) in [5.74, 6) is 0. The highest BCUT2D eigenvalue weighted by molar-refractivity contribution is 7.81. The molecule has 3 aliphatic rings. The Kier molecular flexibility index (Phi) is 11.5. The second-order valence-electron chi connectivity index (χ2n) is 9.78. The van der Waals surface area contributed by atoms with Crippen molar-refractivity contribution in [2.24, 2.45) is 0 Å². The molecule has 0 unspecified atom stereocenters. The molecule has 3 fully saturated rings. The van der Waals surface area contributed by atoms with Crippen molar-refractivity contribution in [1.82, 2.24) is 0 Å². The predicted octanol–water partition coefficient (Wildman–Crippen LogP) is -5.01. The number of aliphatic hydroxyl groups excluding tert-OH is 5. The Labute approximate surface area is 244 Å². The van der Waals surface area contributed by atoms with Gasteiger partial charge in [0.15, 0.2) is 18.9 Å². The number of hydrogen-bond donors (Lipinski definition) is 8. The smallest absolute Gasteiger partial charge is 0.387 e. The molecule has 15 atom stereocenters. The molecule has 0 aromatic carbocycles. The van der Waals surface area contributed by atoms with Gasteiger partial charge in [-0.05, 0) is 20.8 Å². The Bertz CT molecular complexity index is 1270. The van der Waals surface area contributed by atoms with E-state index in [2.05, 4.69) is 12.5 Å². The van der Waals surface area contributed by atoms with Gasteiger partial charge in [0.2, 0.25) is 0 Å². The SMILES string of the molecule is C[C@@H]1O[C@@H](O[C@H]2[C@H](O)[C@H](O[C@H]3[C@H](O)[C@H](O)O[C@@H](C)[C@H]3OS(=O)(=O)O)O[C@@H](C)[C@H]2OS(=O)(=O)O)[C@@H](O)[C@H](O)[C@@H]1OS(=O)(=O)O. The van der Waals surface area contributed by atoms with Crippen LogP contribution in [0, 0.1) is 0 Å². The quantitative estimate of drug-likeness (QED) is 0.0991. The molecule has 3 saturated heterocycles. The molecule has 0 spiro atoms. The zero-order chi connectivity index (χ0) is 32.8. The van der Waals surface area contributed by atoms with Crippen LogP contribution in [0.25, 0.3) is 0 Å². The minimum atomic E-state index is -5.30. The van der Waals surface area contributed by atoms with Gasteiger partial charge in [-0.2, -0.15) is 25.3 Å². The molecular formula is C18H32O22S3. The van der Waals surface area contributed by atoms with Crippen LogP contribution in [0.5, 0.6) is 0 Å². The van der Waals surface area contributed by atoms with Crippen molar-refractivity contribution >= 4 is 31.2 Å². The Morgan fingerprint density at radius 3 is 1.26 bits per heavy atom. The Morgan fingerprint density at radius 1 is 0.465 bits per heavy atom. The average Bonchev–Trinajstić information content (AvgIpc) is 2.83. The molecule has 0 aromatic heterocycles. The molecule has 43 heavy (non-hydrogen) atoms. The van der Waals surface area contributed by atoms with E-state index in [0.717, 1.165) is 20.8 Å². The summed E-state index contributed by atoms with van der Waals surface area (Å²) in [6.45, 7) is 3.40. The first-order chi connectivity index (χ1) is 19.5. The Hall–Kier alpha value is -0.790. The lowest BCUT2D eigenvalue weighted by Crippen LogP contribution is -2.66. The maximum atomic E-state index is 11.5. The van der Waals surface area contributed by atoms with Crippen molar-refractivity contribution in [2.75, 3.05) is 0 Å². The average molecular weight is 697 g/mol. The number of ether oxygens (including phenoxy) is 5. The van der Waals surface area contributed by atoms with E-state index in [1.54, 1.807) is 0 Å². The molecule has 3 rings (SSSR count). The lowest BCUT2D eigenvalue weighted by atomic mass is 9.96. The maximum absolute atomic E-state index is 11.5. The molecule has 8 N–H and O–H groups in total. The van der Waals surface area contributed by atoms with Gasteiger partial charge in [-0.3, -0.25) is 13.7 Å². The fourth-order valence-corrected chi connectivity index (χ4v) is 6.31. The fraction of sp³-hybridized carbons (Fsp3) is 1.00. The van der Waals surface area contributed by atoms with E-state index < -0.39 is 123 Å². The third kappa shape index (κ3) is 9.37. The molecular weight excluding hydrogens is 664 g/mol. The van der Waals surface area contributed by atoms with E-state index in [1.807, 2.05) is 0 Å². The largest absolute Gasteiger partial charge is 0.397 e. The van der Waals surface area contributed by atoms with Crippen molar-refractivity contribution in [1.29, 1.82) is 0 Å². The van der Waals surface area contributed by atoms with Crippen molar-refractivity contribution in [3.8, 4) is 0 Å². The summed E-state index contributed by atoms with van der Waals surface area (Å²) in [5.41, 5.74) is 0. The van der Waals surface area contributed by atoms with E-state index in [0.29, 0.717) is 0 Å². The lowest BCUT2D eigenvalue weighted by Gasteiger charge is -2.48. The summed E-state index contributed by atoms with van der Waals surface area (Å²) in [4.78, 5) is 0. The maximum Gasteiger partial charge on any atom is 0.397 e. The van der Waals surface area contributed by atoms with Gasteiger partial charge in [-0.1, -0.05) is 0 Å². The summed E-state index contributed by atoms with van der Waals surface area (Å²) in [6.07, 6.45) is -28.8. The molecule has 0 amide bonds. The van der Waals surface area contributed by atoms with Crippen LogP contribution in [0.15, 0.2) is 0 Å². The van der Waals surface area contributed by atoms with E-state index in [9.17, 15) is 55.3 Å². The fourth-order valence-electron chi connectivity index (χ4n) is 4.66. The first-order valence-electron chi connectivity index (χ1n) is 12.1. The van der Waals surface area contributed by atoms with Crippen molar-refractivity contribution in [2.45, 2.75) is 113 Å². The number of rotatable bonds is 10. The Morgan fingerprint density at radius 2 is 0.814 bits per heavy atom. The summed E-state index contributed by atoms with van der Waals surface area (Å²) >= 11 is 0. The van der Waals surface area contributed by atoms with Crippen LogP contribution in [0.3, 0.4) is 0 Å². The lowest BCUT2D eigenvalue weighted by molar-refractivity contribution is -0.369. The van der Waals surface area contributed by atoms with E-state index in [4.69, 9.17) is 32.8 Å². The van der Waals surface area contributed by atoms with Crippen molar-refractivity contribution < 1.29 is 101 Å². The van der Waals surface area contributed by atoms with Crippen LogP contribution >= 0.6 is 0 Å². The van der Waals surface area contributed by atoms with E-state index >= 15 is 0 Å². The van der Waals surface area contributed by atoms with Gasteiger partial charge in [0.25, 0.3) is 0 Å². The molecule has 254 valence electrons. The van der Waals surface area contributed by atoms with Crippen LogP contribution < -0.4 is 0 Å². The van der Waals surface area contributed by atoms with Crippen molar-refractivity contribution in [3.05, 3.63) is 0 Å². The number of hydrogen-bond acceptors (Lipinski definition) is 19.